The van der Waals surface area contributed by atoms with Crippen molar-refractivity contribution in [2.45, 2.75) is 59.3 Å². The van der Waals surface area contributed by atoms with E-state index in [0.717, 1.165) is 17.8 Å². The monoisotopic (exact) mass is 282 g/mol. The van der Waals surface area contributed by atoms with Crippen LogP contribution in [0.2, 0.25) is 0 Å². The Kier molecular flexibility index (Phi) is 2.88. The second-order valence-electron chi connectivity index (χ2n) is 8.71. The van der Waals surface area contributed by atoms with Gasteiger partial charge in [0.05, 0.1) is 0 Å². The van der Waals surface area contributed by atoms with Crippen LogP contribution in [-0.4, -0.2) is 0 Å². The summed E-state index contributed by atoms with van der Waals surface area (Å²) >= 11 is 0. The van der Waals surface area contributed by atoms with Crippen LogP contribution < -0.4 is 0 Å². The van der Waals surface area contributed by atoms with Gasteiger partial charge in [-0.1, -0.05) is 56.7 Å². The highest BCUT2D eigenvalue weighted by Gasteiger charge is 2.56. The minimum Gasteiger partial charge on any atom is -0.0993 e. The highest BCUT2D eigenvalue weighted by atomic mass is 14.6. The zero-order valence-corrected chi connectivity index (χ0v) is 14.0. The molecule has 4 aliphatic carbocycles. The molecule has 0 saturated heterocycles. The zero-order valence-electron chi connectivity index (χ0n) is 14.0. The van der Waals surface area contributed by atoms with E-state index < -0.39 is 0 Å². The van der Waals surface area contributed by atoms with Gasteiger partial charge in [0, 0.05) is 5.41 Å². The Morgan fingerprint density at radius 3 is 2.71 bits per heavy atom. The molecular weight excluding hydrogens is 252 g/mol. The van der Waals surface area contributed by atoms with E-state index in [2.05, 4.69) is 45.6 Å². The fourth-order valence-corrected chi connectivity index (χ4v) is 6.39. The summed E-state index contributed by atoms with van der Waals surface area (Å²) in [7, 11) is 0. The van der Waals surface area contributed by atoms with E-state index in [1.165, 1.54) is 38.5 Å². The lowest BCUT2D eigenvalue weighted by molar-refractivity contribution is -0.00265. The molecule has 0 aromatic carbocycles. The van der Waals surface area contributed by atoms with E-state index in [1.807, 2.05) is 0 Å². The fourth-order valence-electron chi connectivity index (χ4n) is 6.39. The Labute approximate surface area is 130 Å². The second kappa shape index (κ2) is 4.37. The van der Waals surface area contributed by atoms with Crippen molar-refractivity contribution in [1.82, 2.24) is 0 Å². The smallest absolute Gasteiger partial charge is 0.00938 e. The van der Waals surface area contributed by atoms with Crippen LogP contribution in [0.25, 0.3) is 0 Å². The van der Waals surface area contributed by atoms with Gasteiger partial charge >= 0.3 is 0 Å². The second-order valence-corrected chi connectivity index (χ2v) is 8.71. The molecule has 0 heteroatoms. The van der Waals surface area contributed by atoms with E-state index in [1.54, 1.807) is 11.1 Å². The van der Waals surface area contributed by atoms with Crippen molar-refractivity contribution in [2.24, 2.45) is 34.5 Å². The molecule has 3 saturated carbocycles. The van der Waals surface area contributed by atoms with Gasteiger partial charge < -0.3 is 0 Å². The summed E-state index contributed by atoms with van der Waals surface area (Å²) in [5.74, 6) is 3.37. The van der Waals surface area contributed by atoms with E-state index >= 15 is 0 Å². The maximum Gasteiger partial charge on any atom is 0.00938 e. The molecule has 0 radical (unpaired) electrons. The third-order valence-corrected chi connectivity index (χ3v) is 7.81. The van der Waals surface area contributed by atoms with Gasteiger partial charge in [0.1, 0.15) is 0 Å². The molecule has 0 aromatic rings. The van der Waals surface area contributed by atoms with Crippen LogP contribution in [0.15, 0.2) is 36.0 Å². The first-order valence-corrected chi connectivity index (χ1v) is 9.04. The summed E-state index contributed by atoms with van der Waals surface area (Å²) in [5, 5.41) is 0. The first kappa shape index (κ1) is 13.9. The lowest BCUT2D eigenvalue weighted by Gasteiger charge is -2.56. The number of hydrogen-bond donors (Lipinski definition) is 0. The molecule has 4 unspecified atom stereocenters. The molecule has 0 aromatic heterocycles. The van der Waals surface area contributed by atoms with Crippen LogP contribution in [0, 0.1) is 34.5 Å². The molecular formula is C21H30. The van der Waals surface area contributed by atoms with E-state index in [4.69, 9.17) is 0 Å². The molecule has 4 rings (SSSR count). The Bertz CT molecular complexity index is 536. The van der Waals surface area contributed by atoms with Gasteiger partial charge in [-0.25, -0.2) is 0 Å². The predicted molar refractivity (Wildman–Crippen MR) is 89.9 cm³/mol. The van der Waals surface area contributed by atoms with Gasteiger partial charge in [-0.3, -0.25) is 0 Å². The first-order chi connectivity index (χ1) is 9.95. The van der Waals surface area contributed by atoms with Gasteiger partial charge in [0.2, 0.25) is 0 Å². The van der Waals surface area contributed by atoms with Gasteiger partial charge in [0.15, 0.2) is 0 Å². The highest BCUT2D eigenvalue weighted by Crippen LogP contribution is 2.65. The molecule has 0 heterocycles. The molecule has 0 bridgehead atoms. The van der Waals surface area contributed by atoms with Crippen molar-refractivity contribution >= 4 is 0 Å². The highest BCUT2D eigenvalue weighted by molar-refractivity contribution is 5.33. The molecule has 3 fully saturated rings. The van der Waals surface area contributed by atoms with Crippen molar-refractivity contribution in [3.63, 3.8) is 0 Å². The summed E-state index contributed by atoms with van der Waals surface area (Å²) < 4.78 is 0. The molecule has 6 atom stereocenters. The third kappa shape index (κ3) is 1.74. The Balaban J connectivity index is 1.70. The van der Waals surface area contributed by atoms with Crippen LogP contribution in [0.5, 0.6) is 0 Å². The fraction of sp³-hybridized carbons (Fsp3) is 0.714. The van der Waals surface area contributed by atoms with Gasteiger partial charge in [0.25, 0.3) is 0 Å². The number of fused-ring (bicyclic) bond motifs is 5. The van der Waals surface area contributed by atoms with Crippen LogP contribution >= 0.6 is 0 Å². The van der Waals surface area contributed by atoms with Crippen molar-refractivity contribution in [3.05, 3.63) is 36.0 Å². The zero-order chi connectivity index (χ0) is 14.8. The number of allylic oxidation sites excluding steroid dienone is 5. The normalized spacial score (nSPS) is 52.0. The minimum absolute atomic E-state index is 0.362. The molecule has 0 amide bonds. The summed E-state index contributed by atoms with van der Waals surface area (Å²) in [4.78, 5) is 0. The van der Waals surface area contributed by atoms with Crippen LogP contribution in [0.4, 0.5) is 0 Å². The molecule has 4 aliphatic rings. The SMILES string of the molecule is C=C1CCC2C3CCC4=CC(C)C=C[C@]4(C)C3CC[C@]12C. The summed E-state index contributed by atoms with van der Waals surface area (Å²) in [6.45, 7) is 11.8. The lowest BCUT2D eigenvalue weighted by atomic mass is 9.48. The van der Waals surface area contributed by atoms with Crippen molar-refractivity contribution in [2.75, 3.05) is 0 Å². The molecule has 114 valence electrons. The predicted octanol–water partition coefficient (Wildman–Crippen LogP) is 5.92. The summed E-state index contributed by atoms with van der Waals surface area (Å²) in [6, 6.07) is 0. The Morgan fingerprint density at radius 2 is 1.90 bits per heavy atom. The van der Waals surface area contributed by atoms with Gasteiger partial charge in [-0.15, -0.1) is 0 Å². The van der Waals surface area contributed by atoms with Crippen molar-refractivity contribution < 1.29 is 0 Å². The standard InChI is InChI=1S/C21H30/c1-14-9-11-21(4)16(13-14)6-7-17-18-8-5-15(2)20(18,3)12-10-19(17)21/h9,11,13-14,17-19H,2,5-8,10,12H2,1,3-4H3/t14?,17?,18?,19?,20-,21+/m1/s1. The third-order valence-electron chi connectivity index (χ3n) is 7.81. The maximum absolute atomic E-state index is 4.43. The average Bonchev–Trinajstić information content (AvgIpc) is 2.76. The van der Waals surface area contributed by atoms with Crippen LogP contribution in [0.3, 0.4) is 0 Å². The summed E-state index contributed by atoms with van der Waals surface area (Å²) in [6.07, 6.45) is 15.8. The van der Waals surface area contributed by atoms with E-state index in [0.29, 0.717) is 16.7 Å². The molecule has 0 aliphatic heterocycles. The maximum atomic E-state index is 4.43. The Morgan fingerprint density at radius 1 is 1.10 bits per heavy atom. The number of hydrogen-bond acceptors (Lipinski definition) is 0. The summed E-state index contributed by atoms with van der Waals surface area (Å²) in [5.41, 5.74) is 4.13. The molecule has 0 spiro atoms. The van der Waals surface area contributed by atoms with E-state index in [-0.39, 0.29) is 0 Å². The van der Waals surface area contributed by atoms with Crippen molar-refractivity contribution in [1.29, 1.82) is 0 Å². The molecule has 0 N–H and O–H groups in total. The van der Waals surface area contributed by atoms with E-state index in [9.17, 15) is 0 Å². The quantitative estimate of drug-likeness (QED) is 0.484. The molecule has 21 heavy (non-hydrogen) atoms. The first-order valence-electron chi connectivity index (χ1n) is 9.04. The number of rotatable bonds is 0. The van der Waals surface area contributed by atoms with Crippen molar-refractivity contribution in [3.8, 4) is 0 Å². The van der Waals surface area contributed by atoms with Crippen LogP contribution in [0.1, 0.15) is 59.3 Å². The van der Waals surface area contributed by atoms with Gasteiger partial charge in [-0.2, -0.15) is 0 Å². The topological polar surface area (TPSA) is 0 Å². The average molecular weight is 282 g/mol. The van der Waals surface area contributed by atoms with Gasteiger partial charge in [-0.05, 0) is 67.6 Å². The lowest BCUT2D eigenvalue weighted by Crippen LogP contribution is -2.48. The molecule has 0 nitrogen and oxygen atoms in total. The van der Waals surface area contributed by atoms with Crippen LogP contribution in [-0.2, 0) is 0 Å². The minimum atomic E-state index is 0.362. The Hall–Kier alpha value is -0.780. The largest absolute Gasteiger partial charge is 0.0993 e.